The maximum Gasteiger partial charge on any atom is 0.133 e. The maximum absolute atomic E-state index is 11.3. The molecule has 0 atom stereocenters. The van der Waals surface area contributed by atoms with Crippen LogP contribution in [0.1, 0.15) is 31.2 Å². The third-order valence-corrected chi connectivity index (χ3v) is 3.78. The van der Waals surface area contributed by atoms with Crippen LogP contribution >= 0.6 is 0 Å². The molecule has 0 aliphatic heterocycles. The number of Topliss-reactive ketones (excluding diaryl/α,β-unsaturated/α-hetero) is 1. The quantitative estimate of drug-likeness (QED) is 0.834. The zero-order valence-corrected chi connectivity index (χ0v) is 10.1. The van der Waals surface area contributed by atoms with Gasteiger partial charge in [-0.15, -0.1) is 0 Å². The number of carbonyl (C=O) groups is 1. The first-order chi connectivity index (χ1) is 8.67. The molecule has 0 radical (unpaired) electrons. The molecule has 1 heterocycles. The van der Waals surface area contributed by atoms with E-state index in [1.807, 2.05) is 30.3 Å². The minimum absolute atomic E-state index is 0.249. The highest BCUT2D eigenvalue weighted by Crippen LogP contribution is 2.36. The number of aromatic nitrogens is 1. The Morgan fingerprint density at radius 1 is 1.17 bits per heavy atom. The van der Waals surface area contributed by atoms with Crippen LogP contribution in [0.4, 0.5) is 0 Å². The molecule has 2 aromatic rings. The van der Waals surface area contributed by atoms with E-state index in [-0.39, 0.29) is 5.78 Å². The molecule has 1 aliphatic rings. The van der Waals surface area contributed by atoms with Crippen LogP contribution in [0.15, 0.2) is 36.5 Å². The van der Waals surface area contributed by atoms with Gasteiger partial charge in [0.1, 0.15) is 5.78 Å². The van der Waals surface area contributed by atoms with Gasteiger partial charge < -0.3 is 5.11 Å². The van der Waals surface area contributed by atoms with Gasteiger partial charge in [0, 0.05) is 24.4 Å². The molecule has 0 unspecified atom stereocenters. The van der Waals surface area contributed by atoms with Gasteiger partial charge in [-0.1, -0.05) is 18.2 Å². The van der Waals surface area contributed by atoms with Gasteiger partial charge in [0.05, 0.1) is 11.1 Å². The number of aliphatic hydroxyl groups is 1. The van der Waals surface area contributed by atoms with Crippen molar-refractivity contribution in [3.05, 3.63) is 42.1 Å². The van der Waals surface area contributed by atoms with E-state index in [2.05, 4.69) is 4.98 Å². The molecular formula is C15H15NO2. The van der Waals surface area contributed by atoms with E-state index in [0.29, 0.717) is 25.7 Å². The van der Waals surface area contributed by atoms with Gasteiger partial charge in [-0.2, -0.15) is 0 Å². The molecule has 3 heteroatoms. The van der Waals surface area contributed by atoms with Crippen LogP contribution in [0, 0.1) is 0 Å². The molecule has 92 valence electrons. The number of rotatable bonds is 1. The number of ketones is 1. The van der Waals surface area contributed by atoms with E-state index in [1.54, 1.807) is 6.20 Å². The van der Waals surface area contributed by atoms with Gasteiger partial charge in [0.15, 0.2) is 0 Å². The first kappa shape index (κ1) is 11.4. The molecule has 0 saturated heterocycles. The first-order valence-electron chi connectivity index (χ1n) is 6.27. The Hall–Kier alpha value is -1.74. The molecule has 1 N–H and O–H groups in total. The van der Waals surface area contributed by atoms with E-state index < -0.39 is 5.60 Å². The fraction of sp³-hybridized carbons (Fsp3) is 0.333. The van der Waals surface area contributed by atoms with Crippen molar-refractivity contribution in [3.8, 4) is 0 Å². The SMILES string of the molecule is O=C1CCC(O)(c2ccc3cccnc3c2)CC1. The third-order valence-electron chi connectivity index (χ3n) is 3.78. The largest absolute Gasteiger partial charge is 0.385 e. The average molecular weight is 241 g/mol. The molecule has 0 spiro atoms. The highest BCUT2D eigenvalue weighted by molar-refractivity contribution is 5.81. The molecule has 1 aromatic carbocycles. The van der Waals surface area contributed by atoms with E-state index in [9.17, 15) is 9.90 Å². The first-order valence-corrected chi connectivity index (χ1v) is 6.27. The van der Waals surface area contributed by atoms with Gasteiger partial charge in [-0.25, -0.2) is 0 Å². The summed E-state index contributed by atoms with van der Waals surface area (Å²) in [4.78, 5) is 15.6. The minimum Gasteiger partial charge on any atom is -0.385 e. The molecule has 1 aromatic heterocycles. The van der Waals surface area contributed by atoms with Crippen LogP contribution in [-0.2, 0) is 10.4 Å². The maximum atomic E-state index is 11.3. The molecule has 1 saturated carbocycles. The Labute approximate surface area is 105 Å². The second-order valence-corrected chi connectivity index (χ2v) is 4.98. The average Bonchev–Trinajstić information content (AvgIpc) is 2.42. The number of carbonyl (C=O) groups excluding carboxylic acids is 1. The van der Waals surface area contributed by atoms with Crippen LogP contribution in [0.25, 0.3) is 10.9 Å². The van der Waals surface area contributed by atoms with Gasteiger partial charge >= 0.3 is 0 Å². The molecule has 1 aliphatic carbocycles. The van der Waals surface area contributed by atoms with Crippen LogP contribution in [0.5, 0.6) is 0 Å². The number of hydrogen-bond acceptors (Lipinski definition) is 3. The van der Waals surface area contributed by atoms with Crippen molar-refractivity contribution in [3.63, 3.8) is 0 Å². The molecule has 18 heavy (non-hydrogen) atoms. The molecule has 0 bridgehead atoms. The lowest BCUT2D eigenvalue weighted by atomic mass is 9.79. The Balaban J connectivity index is 2.01. The summed E-state index contributed by atoms with van der Waals surface area (Å²) in [6, 6.07) is 9.76. The Morgan fingerprint density at radius 3 is 2.72 bits per heavy atom. The van der Waals surface area contributed by atoms with E-state index in [1.165, 1.54) is 0 Å². The Morgan fingerprint density at radius 2 is 1.94 bits per heavy atom. The lowest BCUT2D eigenvalue weighted by Gasteiger charge is -2.32. The molecular weight excluding hydrogens is 226 g/mol. The van der Waals surface area contributed by atoms with E-state index in [4.69, 9.17) is 0 Å². The Bertz CT molecular complexity index is 596. The summed E-state index contributed by atoms with van der Waals surface area (Å²) in [6.45, 7) is 0. The summed E-state index contributed by atoms with van der Waals surface area (Å²) in [6.07, 6.45) is 3.72. The summed E-state index contributed by atoms with van der Waals surface area (Å²) in [5.74, 6) is 0.249. The number of fused-ring (bicyclic) bond motifs is 1. The summed E-state index contributed by atoms with van der Waals surface area (Å²) in [5.41, 5.74) is 0.904. The smallest absolute Gasteiger partial charge is 0.133 e. The van der Waals surface area contributed by atoms with Crippen LogP contribution in [-0.4, -0.2) is 15.9 Å². The van der Waals surface area contributed by atoms with Crippen molar-refractivity contribution >= 4 is 16.7 Å². The van der Waals surface area contributed by atoms with Crippen LogP contribution in [0.2, 0.25) is 0 Å². The molecule has 0 amide bonds. The van der Waals surface area contributed by atoms with Crippen LogP contribution in [0.3, 0.4) is 0 Å². The molecule has 3 nitrogen and oxygen atoms in total. The fourth-order valence-electron chi connectivity index (χ4n) is 2.59. The van der Waals surface area contributed by atoms with Gasteiger partial charge in [0.25, 0.3) is 0 Å². The van der Waals surface area contributed by atoms with Crippen molar-refractivity contribution in [2.24, 2.45) is 0 Å². The second-order valence-electron chi connectivity index (χ2n) is 4.98. The fourth-order valence-corrected chi connectivity index (χ4v) is 2.59. The van der Waals surface area contributed by atoms with Crippen molar-refractivity contribution in [2.45, 2.75) is 31.3 Å². The van der Waals surface area contributed by atoms with Gasteiger partial charge in [-0.3, -0.25) is 9.78 Å². The summed E-state index contributed by atoms with van der Waals surface area (Å²) in [5, 5.41) is 11.7. The zero-order chi connectivity index (χ0) is 12.6. The monoisotopic (exact) mass is 241 g/mol. The zero-order valence-electron chi connectivity index (χ0n) is 10.1. The molecule has 1 fully saturated rings. The molecule has 3 rings (SSSR count). The topological polar surface area (TPSA) is 50.2 Å². The minimum atomic E-state index is -0.861. The summed E-state index contributed by atoms with van der Waals surface area (Å²) < 4.78 is 0. The standard InChI is InChI=1S/C15H15NO2/c17-13-5-7-15(18,8-6-13)12-4-3-11-2-1-9-16-14(11)10-12/h1-4,9-10,18H,5-8H2. The normalized spacial score (nSPS) is 19.1. The highest BCUT2D eigenvalue weighted by Gasteiger charge is 2.34. The number of benzene rings is 1. The predicted molar refractivity (Wildman–Crippen MR) is 69.1 cm³/mol. The highest BCUT2D eigenvalue weighted by atomic mass is 16.3. The summed E-state index contributed by atoms with van der Waals surface area (Å²) in [7, 11) is 0. The summed E-state index contributed by atoms with van der Waals surface area (Å²) >= 11 is 0. The van der Waals surface area contributed by atoms with E-state index >= 15 is 0 Å². The number of pyridine rings is 1. The van der Waals surface area contributed by atoms with Crippen molar-refractivity contribution in [1.82, 2.24) is 4.98 Å². The number of hydrogen-bond donors (Lipinski definition) is 1. The second kappa shape index (κ2) is 4.18. The van der Waals surface area contributed by atoms with Gasteiger partial charge in [-0.05, 0) is 30.5 Å². The van der Waals surface area contributed by atoms with Gasteiger partial charge in [0.2, 0.25) is 0 Å². The lowest BCUT2D eigenvalue weighted by molar-refractivity contribution is -0.125. The van der Waals surface area contributed by atoms with Crippen molar-refractivity contribution in [1.29, 1.82) is 0 Å². The van der Waals surface area contributed by atoms with Crippen LogP contribution < -0.4 is 0 Å². The van der Waals surface area contributed by atoms with E-state index in [0.717, 1.165) is 16.5 Å². The predicted octanol–water partition coefficient (Wildman–Crippen LogP) is 2.57. The lowest BCUT2D eigenvalue weighted by Crippen LogP contribution is -2.31. The Kier molecular flexibility index (Phi) is 2.63. The number of nitrogens with zero attached hydrogens (tertiary/aromatic N) is 1. The third kappa shape index (κ3) is 1.91. The van der Waals surface area contributed by atoms with Crippen molar-refractivity contribution in [2.75, 3.05) is 0 Å². The van der Waals surface area contributed by atoms with Crippen molar-refractivity contribution < 1.29 is 9.90 Å².